The summed E-state index contributed by atoms with van der Waals surface area (Å²) in [6.45, 7) is 8.19. The van der Waals surface area contributed by atoms with Crippen molar-refractivity contribution in [3.8, 4) is 0 Å². The number of rotatable bonds is 5. The highest BCUT2D eigenvalue weighted by Crippen LogP contribution is 2.27. The third-order valence-electron chi connectivity index (χ3n) is 3.76. The molecule has 2 rings (SSSR count). The molecular formula is C17H22N2O2. The highest BCUT2D eigenvalue weighted by molar-refractivity contribution is 5.71. The number of carbonyl (C=O) groups excluding carboxylic acids is 1. The molecule has 0 bridgehead atoms. The topological polar surface area (TPSA) is 55.0 Å². The molecule has 112 valence electrons. The molecule has 0 aliphatic heterocycles. The van der Waals surface area contributed by atoms with Gasteiger partial charge >= 0.3 is 5.97 Å². The van der Waals surface area contributed by atoms with Crippen LogP contribution >= 0.6 is 0 Å². The van der Waals surface area contributed by atoms with Crippen molar-refractivity contribution >= 4 is 5.97 Å². The van der Waals surface area contributed by atoms with Crippen LogP contribution < -0.4 is 0 Å². The second kappa shape index (κ2) is 6.57. The van der Waals surface area contributed by atoms with E-state index < -0.39 is 0 Å². The van der Waals surface area contributed by atoms with Gasteiger partial charge in [0.05, 0.1) is 17.9 Å². The summed E-state index contributed by atoms with van der Waals surface area (Å²) < 4.78 is 5.34. The van der Waals surface area contributed by atoms with E-state index in [1.165, 1.54) is 5.56 Å². The average Bonchev–Trinajstić information content (AvgIpc) is 2.99. The fourth-order valence-corrected chi connectivity index (χ4v) is 2.31. The molecular weight excluding hydrogens is 264 g/mol. The van der Waals surface area contributed by atoms with Crippen LogP contribution in [0.4, 0.5) is 0 Å². The van der Waals surface area contributed by atoms with Crippen molar-refractivity contribution in [3.05, 3.63) is 53.1 Å². The molecule has 1 aromatic carbocycles. The molecule has 2 aromatic rings. The molecule has 0 saturated carbocycles. The lowest BCUT2D eigenvalue weighted by Gasteiger charge is -2.16. The number of esters is 1. The zero-order valence-corrected chi connectivity index (χ0v) is 13.0. The number of aromatic nitrogens is 2. The van der Waals surface area contributed by atoms with Gasteiger partial charge < -0.3 is 9.72 Å². The second-order valence-electron chi connectivity index (χ2n) is 5.61. The van der Waals surface area contributed by atoms with Crippen molar-refractivity contribution in [3.63, 3.8) is 0 Å². The predicted molar refractivity (Wildman–Crippen MR) is 81.9 cm³/mol. The summed E-state index contributed by atoms with van der Waals surface area (Å²) in [5.74, 6) is -0.0615. The highest BCUT2D eigenvalue weighted by atomic mass is 16.5. The number of carbonyl (C=O) groups is 1. The Labute approximate surface area is 125 Å². The molecule has 0 saturated heterocycles. The van der Waals surface area contributed by atoms with Crippen LogP contribution in [0.15, 0.2) is 30.7 Å². The van der Waals surface area contributed by atoms with E-state index in [1.54, 1.807) is 6.33 Å². The molecule has 4 nitrogen and oxygen atoms in total. The van der Waals surface area contributed by atoms with Gasteiger partial charge in [-0.2, -0.15) is 0 Å². The van der Waals surface area contributed by atoms with Crippen LogP contribution in [0.5, 0.6) is 0 Å². The van der Waals surface area contributed by atoms with Crippen molar-refractivity contribution in [1.82, 2.24) is 9.97 Å². The Morgan fingerprint density at radius 3 is 2.71 bits per heavy atom. The summed E-state index contributed by atoms with van der Waals surface area (Å²) in [4.78, 5) is 18.9. The molecule has 21 heavy (non-hydrogen) atoms. The molecule has 1 aromatic heterocycles. The highest BCUT2D eigenvalue weighted by Gasteiger charge is 2.15. The third kappa shape index (κ3) is 3.51. The normalized spacial score (nSPS) is 12.4. The van der Waals surface area contributed by atoms with Crippen molar-refractivity contribution < 1.29 is 9.53 Å². The maximum atomic E-state index is 11.6. The van der Waals surface area contributed by atoms with Gasteiger partial charge in [0.15, 0.2) is 0 Å². The first-order valence-corrected chi connectivity index (χ1v) is 7.24. The van der Waals surface area contributed by atoms with Gasteiger partial charge in [-0.3, -0.25) is 4.79 Å². The van der Waals surface area contributed by atoms with E-state index >= 15 is 0 Å². The molecule has 1 N–H and O–H groups in total. The number of imidazole rings is 1. The first kappa shape index (κ1) is 15.3. The van der Waals surface area contributed by atoms with E-state index in [2.05, 4.69) is 29.9 Å². The molecule has 0 spiro atoms. The zero-order valence-electron chi connectivity index (χ0n) is 13.0. The fraction of sp³-hybridized carbons (Fsp3) is 0.412. The maximum Gasteiger partial charge on any atom is 0.308 e. The number of hydrogen-bond acceptors (Lipinski definition) is 3. The maximum absolute atomic E-state index is 11.6. The van der Waals surface area contributed by atoms with Gasteiger partial charge in [0.1, 0.15) is 6.61 Å². The lowest BCUT2D eigenvalue weighted by molar-refractivity contribution is -0.148. The van der Waals surface area contributed by atoms with Crippen LogP contribution in [0.1, 0.15) is 49.1 Å². The van der Waals surface area contributed by atoms with Gasteiger partial charge in [-0.1, -0.05) is 39.0 Å². The van der Waals surface area contributed by atoms with Crippen molar-refractivity contribution in [2.75, 3.05) is 0 Å². The van der Waals surface area contributed by atoms with Crippen molar-refractivity contribution in [1.29, 1.82) is 0 Å². The number of ether oxygens (including phenoxy) is 1. The SMILES string of the molecule is Cc1c(COC(=O)C(C)C)cccc1[C@H](C)c1c[nH]cn1. The van der Waals surface area contributed by atoms with E-state index in [0.717, 1.165) is 16.8 Å². The van der Waals surface area contributed by atoms with Gasteiger partial charge in [-0.25, -0.2) is 4.98 Å². The summed E-state index contributed by atoms with van der Waals surface area (Å²) in [6.07, 6.45) is 3.60. The van der Waals surface area contributed by atoms with Crippen molar-refractivity contribution in [2.45, 2.75) is 40.2 Å². The average molecular weight is 286 g/mol. The number of aromatic amines is 1. The molecule has 0 radical (unpaired) electrons. The quantitative estimate of drug-likeness (QED) is 0.855. The van der Waals surface area contributed by atoms with Crippen LogP contribution in [0.3, 0.4) is 0 Å². The van der Waals surface area contributed by atoms with Crippen molar-refractivity contribution in [2.24, 2.45) is 5.92 Å². The molecule has 0 fully saturated rings. The first-order valence-electron chi connectivity index (χ1n) is 7.24. The van der Waals surface area contributed by atoms with Crippen LogP contribution in [-0.2, 0) is 16.1 Å². The second-order valence-corrected chi connectivity index (χ2v) is 5.61. The molecule has 1 atom stereocenters. The minimum atomic E-state index is -0.167. The summed E-state index contributed by atoms with van der Waals surface area (Å²) in [7, 11) is 0. The van der Waals surface area contributed by atoms with Crippen LogP contribution in [0.2, 0.25) is 0 Å². The summed E-state index contributed by atoms with van der Waals surface area (Å²) in [5.41, 5.74) is 4.42. The monoisotopic (exact) mass is 286 g/mol. The fourth-order valence-electron chi connectivity index (χ4n) is 2.31. The minimum absolute atomic E-state index is 0.100. The Hall–Kier alpha value is -2.10. The van der Waals surface area contributed by atoms with Crippen LogP contribution in [0.25, 0.3) is 0 Å². The van der Waals surface area contributed by atoms with Gasteiger partial charge in [0, 0.05) is 12.1 Å². The number of nitrogens with zero attached hydrogens (tertiary/aromatic N) is 1. The first-order chi connectivity index (χ1) is 10.0. The Bertz CT molecular complexity index is 603. The summed E-state index contributed by atoms with van der Waals surface area (Å²) in [6, 6.07) is 6.11. The number of H-pyrrole nitrogens is 1. The van der Waals surface area contributed by atoms with Gasteiger partial charge in [0.2, 0.25) is 0 Å². The number of nitrogens with one attached hydrogen (secondary N) is 1. The van der Waals surface area contributed by atoms with E-state index in [1.807, 2.05) is 32.2 Å². The summed E-state index contributed by atoms with van der Waals surface area (Å²) >= 11 is 0. The smallest absolute Gasteiger partial charge is 0.308 e. The molecule has 0 unspecified atom stereocenters. The summed E-state index contributed by atoms with van der Waals surface area (Å²) in [5, 5.41) is 0. The number of benzene rings is 1. The zero-order chi connectivity index (χ0) is 15.4. The Morgan fingerprint density at radius 2 is 2.10 bits per heavy atom. The predicted octanol–water partition coefficient (Wildman–Crippen LogP) is 3.57. The molecule has 0 aliphatic rings. The standard InChI is InChI=1S/C17H22N2O2/c1-11(2)17(20)21-9-14-6-5-7-15(12(14)3)13(4)16-8-18-10-19-16/h5-8,10-11,13H,9H2,1-4H3,(H,18,19)/t13-/m0/s1. The molecule has 0 amide bonds. The minimum Gasteiger partial charge on any atom is -0.461 e. The Balaban J connectivity index is 2.18. The molecule has 1 heterocycles. The number of hydrogen-bond donors (Lipinski definition) is 1. The lowest BCUT2D eigenvalue weighted by Crippen LogP contribution is -2.12. The van der Waals surface area contributed by atoms with E-state index in [0.29, 0.717) is 6.61 Å². The third-order valence-corrected chi connectivity index (χ3v) is 3.76. The van der Waals surface area contributed by atoms with E-state index in [9.17, 15) is 4.79 Å². The Kier molecular flexibility index (Phi) is 4.78. The van der Waals surface area contributed by atoms with Crippen LogP contribution in [0, 0.1) is 12.8 Å². The Morgan fingerprint density at radius 1 is 1.33 bits per heavy atom. The lowest BCUT2D eigenvalue weighted by atomic mass is 9.91. The molecule has 0 aliphatic carbocycles. The largest absolute Gasteiger partial charge is 0.461 e. The van der Waals surface area contributed by atoms with E-state index in [4.69, 9.17) is 4.74 Å². The molecule has 4 heteroatoms. The van der Waals surface area contributed by atoms with Gasteiger partial charge in [-0.05, 0) is 23.6 Å². The van der Waals surface area contributed by atoms with E-state index in [-0.39, 0.29) is 17.8 Å². The van der Waals surface area contributed by atoms with Gasteiger partial charge in [0.25, 0.3) is 0 Å². The van der Waals surface area contributed by atoms with Crippen LogP contribution in [-0.4, -0.2) is 15.9 Å². The van der Waals surface area contributed by atoms with Gasteiger partial charge in [-0.15, -0.1) is 0 Å².